The van der Waals surface area contributed by atoms with Gasteiger partial charge in [0.2, 0.25) is 5.91 Å². The maximum atomic E-state index is 13.4. The summed E-state index contributed by atoms with van der Waals surface area (Å²) < 4.78 is 5.43. The number of alkyl carbamates (subject to hydrolysis) is 1. The molecule has 0 spiro atoms. The first-order valence-corrected chi connectivity index (χ1v) is 11.1. The summed E-state index contributed by atoms with van der Waals surface area (Å²) in [6, 6.07) is 16.3. The summed E-state index contributed by atoms with van der Waals surface area (Å²) >= 11 is 0. The van der Waals surface area contributed by atoms with E-state index in [1.54, 1.807) is 0 Å². The molecule has 1 atom stereocenters. The summed E-state index contributed by atoms with van der Waals surface area (Å²) in [5.74, 6) is -0.213. The quantitative estimate of drug-likeness (QED) is 0.572. The van der Waals surface area contributed by atoms with Crippen LogP contribution in [0.25, 0.3) is 0 Å². The molecule has 1 aliphatic carbocycles. The fourth-order valence-corrected chi connectivity index (χ4v) is 4.47. The van der Waals surface area contributed by atoms with E-state index >= 15 is 0 Å². The van der Waals surface area contributed by atoms with E-state index < -0.39 is 12.1 Å². The zero-order valence-corrected chi connectivity index (χ0v) is 18.2. The summed E-state index contributed by atoms with van der Waals surface area (Å²) in [6.07, 6.45) is 5.33. The van der Waals surface area contributed by atoms with E-state index in [1.807, 2.05) is 54.6 Å². The molecule has 0 bridgehead atoms. The number of rotatable bonds is 8. The molecule has 2 aromatic rings. The fourth-order valence-electron chi connectivity index (χ4n) is 4.47. The molecule has 0 aromatic heterocycles. The summed E-state index contributed by atoms with van der Waals surface area (Å²) in [5.41, 5.74) is 7.97. The lowest BCUT2D eigenvalue weighted by Crippen LogP contribution is -2.55. The van der Waals surface area contributed by atoms with Gasteiger partial charge in [-0.3, -0.25) is 4.79 Å². The minimum absolute atomic E-state index is 0.165. The molecule has 0 unspecified atom stereocenters. The maximum absolute atomic E-state index is 13.4. The van der Waals surface area contributed by atoms with Crippen molar-refractivity contribution in [3.05, 3.63) is 65.7 Å². The predicted octanol–water partition coefficient (Wildman–Crippen LogP) is 4.74. The van der Waals surface area contributed by atoms with Crippen LogP contribution >= 0.6 is 0 Å². The van der Waals surface area contributed by atoms with E-state index in [2.05, 4.69) is 17.6 Å². The Bertz CT molecular complexity index is 863. The molecule has 166 valence electrons. The Morgan fingerprint density at radius 1 is 1.03 bits per heavy atom. The number of carbonyl (C=O) groups excluding carboxylic acids is 2. The van der Waals surface area contributed by atoms with Crippen LogP contribution in [0.5, 0.6) is 0 Å². The Morgan fingerprint density at radius 3 is 2.42 bits per heavy atom. The van der Waals surface area contributed by atoms with Crippen molar-refractivity contribution >= 4 is 17.7 Å². The van der Waals surface area contributed by atoms with E-state index in [9.17, 15) is 9.59 Å². The number of anilines is 1. The highest BCUT2D eigenvalue weighted by Gasteiger charge is 2.43. The first kappa shape index (κ1) is 22.8. The molecule has 31 heavy (non-hydrogen) atoms. The van der Waals surface area contributed by atoms with Gasteiger partial charge in [0.05, 0.1) is 0 Å². The van der Waals surface area contributed by atoms with Crippen LogP contribution in [0.1, 0.15) is 56.6 Å². The van der Waals surface area contributed by atoms with Gasteiger partial charge in [-0.25, -0.2) is 4.79 Å². The van der Waals surface area contributed by atoms with Crippen LogP contribution in [0, 0.1) is 5.41 Å². The second-order valence-electron chi connectivity index (χ2n) is 8.31. The van der Waals surface area contributed by atoms with Crippen molar-refractivity contribution in [3.63, 3.8) is 0 Å². The van der Waals surface area contributed by atoms with Gasteiger partial charge in [-0.15, -0.1) is 0 Å². The summed E-state index contributed by atoms with van der Waals surface area (Å²) in [5, 5.41) is 5.89. The smallest absolute Gasteiger partial charge is 0.408 e. The summed E-state index contributed by atoms with van der Waals surface area (Å²) in [7, 11) is 0. The van der Waals surface area contributed by atoms with Crippen molar-refractivity contribution in [1.29, 1.82) is 0 Å². The Kier molecular flexibility index (Phi) is 8.06. The second kappa shape index (κ2) is 11.0. The number of carbonyl (C=O) groups is 2. The van der Waals surface area contributed by atoms with Crippen molar-refractivity contribution in [2.45, 2.75) is 64.6 Å². The molecule has 3 rings (SSSR count). The van der Waals surface area contributed by atoms with Crippen LogP contribution in [-0.4, -0.2) is 18.0 Å². The average molecular weight is 424 g/mol. The third-order valence-electron chi connectivity index (χ3n) is 6.33. The minimum Gasteiger partial charge on any atom is -0.445 e. The number of amides is 2. The van der Waals surface area contributed by atoms with Crippen molar-refractivity contribution in [2.75, 3.05) is 5.32 Å². The highest BCUT2D eigenvalue weighted by atomic mass is 16.5. The molecule has 1 fully saturated rings. The van der Waals surface area contributed by atoms with E-state index in [4.69, 9.17) is 10.5 Å². The Labute approximate surface area is 184 Å². The van der Waals surface area contributed by atoms with Gasteiger partial charge in [0, 0.05) is 12.2 Å². The SMILES string of the molecule is CCC1([C@H](NC(=O)OCc2ccccc2)C(=O)Nc2cccc(CN)c2)CCCCC1. The van der Waals surface area contributed by atoms with Gasteiger partial charge in [0.25, 0.3) is 0 Å². The van der Waals surface area contributed by atoms with E-state index in [0.717, 1.165) is 49.7 Å². The summed E-state index contributed by atoms with van der Waals surface area (Å²) in [4.78, 5) is 26.0. The monoisotopic (exact) mass is 423 g/mol. The van der Waals surface area contributed by atoms with Gasteiger partial charge in [-0.2, -0.15) is 0 Å². The largest absolute Gasteiger partial charge is 0.445 e. The number of hydrogen-bond acceptors (Lipinski definition) is 4. The lowest BCUT2D eigenvalue weighted by molar-refractivity contribution is -0.122. The highest BCUT2D eigenvalue weighted by Crippen LogP contribution is 2.42. The molecule has 1 aliphatic rings. The van der Waals surface area contributed by atoms with Crippen LogP contribution in [0.2, 0.25) is 0 Å². The third-order valence-corrected chi connectivity index (χ3v) is 6.33. The van der Waals surface area contributed by atoms with Gasteiger partial charge in [0.15, 0.2) is 0 Å². The molecule has 0 radical (unpaired) electrons. The lowest BCUT2D eigenvalue weighted by Gasteiger charge is -2.42. The topological polar surface area (TPSA) is 93.4 Å². The Hall–Kier alpha value is -2.86. The third kappa shape index (κ3) is 6.07. The Morgan fingerprint density at radius 2 is 1.74 bits per heavy atom. The first-order chi connectivity index (χ1) is 15.1. The van der Waals surface area contributed by atoms with Crippen molar-refractivity contribution < 1.29 is 14.3 Å². The number of hydrogen-bond donors (Lipinski definition) is 3. The second-order valence-corrected chi connectivity index (χ2v) is 8.31. The van der Waals surface area contributed by atoms with Gasteiger partial charge in [-0.1, -0.05) is 68.7 Å². The summed E-state index contributed by atoms with van der Waals surface area (Å²) in [6.45, 7) is 2.66. The van der Waals surface area contributed by atoms with Gasteiger partial charge in [-0.05, 0) is 47.9 Å². The number of benzene rings is 2. The molecule has 2 amide bonds. The van der Waals surface area contributed by atoms with Crippen molar-refractivity contribution in [3.8, 4) is 0 Å². The molecule has 0 saturated heterocycles. The number of ether oxygens (including phenoxy) is 1. The number of nitrogens with two attached hydrogens (primary N) is 1. The Balaban J connectivity index is 1.75. The van der Waals surface area contributed by atoms with Crippen LogP contribution in [0.3, 0.4) is 0 Å². The van der Waals surface area contributed by atoms with E-state index in [0.29, 0.717) is 12.2 Å². The normalized spacial score (nSPS) is 16.2. The molecule has 0 heterocycles. The van der Waals surface area contributed by atoms with Crippen LogP contribution in [-0.2, 0) is 22.7 Å². The lowest BCUT2D eigenvalue weighted by atomic mass is 9.67. The predicted molar refractivity (Wildman–Crippen MR) is 122 cm³/mol. The average Bonchev–Trinajstić information content (AvgIpc) is 2.82. The van der Waals surface area contributed by atoms with Crippen molar-refractivity contribution in [2.24, 2.45) is 11.1 Å². The van der Waals surface area contributed by atoms with Gasteiger partial charge < -0.3 is 21.1 Å². The zero-order chi connectivity index (χ0) is 22.1. The molecular weight excluding hydrogens is 390 g/mol. The molecule has 1 saturated carbocycles. The van der Waals surface area contributed by atoms with Gasteiger partial charge in [0.1, 0.15) is 12.6 Å². The fraction of sp³-hybridized carbons (Fsp3) is 0.440. The standard InChI is InChI=1S/C25H33N3O3/c1-2-25(14-7-4-8-15-25)22(23(29)27-21-13-9-12-20(16-21)17-26)28-24(30)31-18-19-10-5-3-6-11-19/h3,5-6,9-13,16,22H,2,4,7-8,14-15,17-18,26H2,1H3,(H,27,29)(H,28,30)/t22-/m1/s1. The first-order valence-electron chi connectivity index (χ1n) is 11.1. The van der Waals surface area contributed by atoms with Crippen molar-refractivity contribution in [1.82, 2.24) is 5.32 Å². The van der Waals surface area contributed by atoms with Crippen LogP contribution in [0.15, 0.2) is 54.6 Å². The zero-order valence-electron chi connectivity index (χ0n) is 18.2. The molecule has 2 aromatic carbocycles. The molecular formula is C25H33N3O3. The molecule has 0 aliphatic heterocycles. The van der Waals surface area contributed by atoms with E-state index in [1.165, 1.54) is 0 Å². The van der Waals surface area contributed by atoms with Crippen LogP contribution in [0.4, 0.5) is 10.5 Å². The number of nitrogens with one attached hydrogen (secondary N) is 2. The van der Waals surface area contributed by atoms with Crippen LogP contribution < -0.4 is 16.4 Å². The molecule has 4 N–H and O–H groups in total. The maximum Gasteiger partial charge on any atom is 0.408 e. The van der Waals surface area contributed by atoms with Gasteiger partial charge >= 0.3 is 6.09 Å². The molecule has 6 nitrogen and oxygen atoms in total. The van der Waals surface area contributed by atoms with E-state index in [-0.39, 0.29) is 17.9 Å². The minimum atomic E-state index is -0.664. The molecule has 6 heteroatoms. The highest BCUT2D eigenvalue weighted by molar-refractivity contribution is 5.97.